The van der Waals surface area contributed by atoms with E-state index in [4.69, 9.17) is 17.2 Å². The minimum atomic E-state index is -0.251. The zero-order valence-corrected chi connectivity index (χ0v) is 23.6. The van der Waals surface area contributed by atoms with Crippen LogP contribution in [0.15, 0.2) is 84.9 Å². The number of nitrogens with zero attached hydrogens (tertiary/aromatic N) is 1. The van der Waals surface area contributed by atoms with Crippen molar-refractivity contribution in [2.75, 3.05) is 0 Å². The van der Waals surface area contributed by atoms with E-state index in [-0.39, 0.29) is 11.3 Å². The van der Waals surface area contributed by atoms with Gasteiger partial charge < -0.3 is 0 Å². The normalized spacial score (nSPS) is 24.6. The van der Waals surface area contributed by atoms with Crippen molar-refractivity contribution < 1.29 is 4.79 Å². The number of hydrogen-bond acceptors (Lipinski definition) is 3. The van der Waals surface area contributed by atoms with Gasteiger partial charge in [0.15, 0.2) is 0 Å². The molecule has 4 bridgehead atoms. The van der Waals surface area contributed by atoms with Crippen molar-refractivity contribution in [1.29, 1.82) is 0 Å². The number of nitrogens with one attached hydrogen (secondary N) is 2. The van der Waals surface area contributed by atoms with Gasteiger partial charge in [-0.1, -0.05) is 78.9 Å². The summed E-state index contributed by atoms with van der Waals surface area (Å²) in [6, 6.07) is 29.1. The average Bonchev–Trinajstić information content (AvgIpc) is 2.98. The SMILES string of the molecule is O=C(NNC(=S)c1cccc(CCc2ccccc2)c1)c1cc(C23CC4CC(CC(C4)C2)C3)c2ccccc2n1. The molecule has 4 nitrogen and oxygen atoms in total. The molecule has 0 atom stereocenters. The van der Waals surface area contributed by atoms with Gasteiger partial charge in [-0.25, -0.2) is 4.98 Å². The predicted octanol–water partition coefficient (Wildman–Crippen LogP) is 7.10. The lowest BCUT2D eigenvalue weighted by atomic mass is 9.48. The average molecular weight is 546 g/mol. The first-order chi connectivity index (χ1) is 19.5. The molecule has 5 heteroatoms. The standard InChI is InChI=1S/C35H35N3OS/c39-33(37-38-34(40)28-10-6-9-24(18-28)14-13-23-7-2-1-3-8-23)32-19-30(29-11-4-5-12-31(29)36-32)35-20-25-15-26(21-35)17-27(16-25)22-35/h1-12,18-19,25-27H,13-17,20-22H2,(H,37,39)(H,38,40). The van der Waals surface area contributed by atoms with Gasteiger partial charge in [-0.15, -0.1) is 0 Å². The molecular weight excluding hydrogens is 510 g/mol. The highest BCUT2D eigenvalue weighted by atomic mass is 32.1. The number of thiocarbonyl (C=S) groups is 1. The van der Waals surface area contributed by atoms with Crippen LogP contribution in [-0.4, -0.2) is 15.9 Å². The predicted molar refractivity (Wildman–Crippen MR) is 164 cm³/mol. The Morgan fingerprint density at radius 3 is 2.17 bits per heavy atom. The smallest absolute Gasteiger partial charge is 0.287 e. The molecule has 1 aromatic heterocycles. The van der Waals surface area contributed by atoms with Crippen LogP contribution < -0.4 is 10.9 Å². The first-order valence-corrected chi connectivity index (χ1v) is 15.1. The van der Waals surface area contributed by atoms with E-state index < -0.39 is 0 Å². The summed E-state index contributed by atoms with van der Waals surface area (Å²) in [7, 11) is 0. The van der Waals surface area contributed by atoms with E-state index >= 15 is 0 Å². The Hall–Kier alpha value is -3.57. The lowest BCUT2D eigenvalue weighted by Gasteiger charge is -2.57. The summed E-state index contributed by atoms with van der Waals surface area (Å²) in [4.78, 5) is 18.7. The summed E-state index contributed by atoms with van der Waals surface area (Å²) in [5.41, 5.74) is 12.1. The molecule has 4 saturated carbocycles. The van der Waals surface area contributed by atoms with Gasteiger partial charge in [0.05, 0.1) is 5.52 Å². The molecule has 8 rings (SSSR count). The molecule has 4 fully saturated rings. The highest BCUT2D eigenvalue weighted by Gasteiger charge is 2.52. The molecule has 1 heterocycles. The maximum Gasteiger partial charge on any atom is 0.288 e. The number of amides is 1. The lowest BCUT2D eigenvalue weighted by Crippen LogP contribution is -2.48. The minimum Gasteiger partial charge on any atom is -0.287 e. The van der Waals surface area contributed by atoms with Crippen molar-refractivity contribution >= 4 is 34.0 Å². The van der Waals surface area contributed by atoms with Crippen molar-refractivity contribution in [1.82, 2.24) is 15.8 Å². The number of pyridine rings is 1. The summed E-state index contributed by atoms with van der Waals surface area (Å²) in [6.07, 6.45) is 9.83. The second-order valence-corrected chi connectivity index (χ2v) is 12.8. The second kappa shape index (κ2) is 10.4. The van der Waals surface area contributed by atoms with Crippen LogP contribution in [-0.2, 0) is 18.3 Å². The van der Waals surface area contributed by atoms with Crippen molar-refractivity contribution in [3.8, 4) is 0 Å². The number of aromatic nitrogens is 1. The number of rotatable bonds is 6. The molecule has 2 N–H and O–H groups in total. The van der Waals surface area contributed by atoms with Gasteiger partial charge in [0.1, 0.15) is 10.7 Å². The number of aryl methyl sites for hydroxylation is 2. The topological polar surface area (TPSA) is 54.0 Å². The Kier molecular flexibility index (Phi) is 6.63. The number of fused-ring (bicyclic) bond motifs is 1. The number of benzene rings is 3. The summed E-state index contributed by atoms with van der Waals surface area (Å²) in [5, 5.41) is 1.21. The van der Waals surface area contributed by atoms with Gasteiger partial charge in [0, 0.05) is 10.9 Å². The molecular formula is C35H35N3OS. The Morgan fingerprint density at radius 2 is 1.43 bits per heavy atom. The van der Waals surface area contributed by atoms with Gasteiger partial charge >= 0.3 is 0 Å². The summed E-state index contributed by atoms with van der Waals surface area (Å²) >= 11 is 5.66. The van der Waals surface area contributed by atoms with E-state index in [1.54, 1.807) is 0 Å². The monoisotopic (exact) mass is 545 g/mol. The molecule has 1 amide bonds. The van der Waals surface area contributed by atoms with Crippen molar-refractivity contribution in [2.45, 2.75) is 56.8 Å². The largest absolute Gasteiger partial charge is 0.288 e. The maximum atomic E-state index is 13.4. The van der Waals surface area contributed by atoms with Crippen LogP contribution in [0.25, 0.3) is 10.9 Å². The summed E-state index contributed by atoms with van der Waals surface area (Å²) in [5.74, 6) is 2.24. The number of carbonyl (C=O) groups is 1. The fraction of sp³-hybridized carbons (Fsp3) is 0.343. The van der Waals surface area contributed by atoms with Gasteiger partial charge in [0.25, 0.3) is 5.91 Å². The second-order valence-electron chi connectivity index (χ2n) is 12.4. The van der Waals surface area contributed by atoms with Crippen LogP contribution >= 0.6 is 12.2 Å². The fourth-order valence-corrected chi connectivity index (χ4v) is 8.40. The summed E-state index contributed by atoms with van der Waals surface area (Å²) in [6.45, 7) is 0. The van der Waals surface area contributed by atoms with Gasteiger partial charge in [-0.2, -0.15) is 0 Å². The Bertz CT molecular complexity index is 1550. The van der Waals surface area contributed by atoms with Crippen molar-refractivity contribution in [3.05, 3.63) is 113 Å². The molecule has 0 radical (unpaired) electrons. The van der Waals surface area contributed by atoms with E-state index in [0.29, 0.717) is 10.7 Å². The number of carbonyl (C=O) groups excluding carboxylic acids is 1. The van der Waals surface area contributed by atoms with Crippen molar-refractivity contribution in [2.24, 2.45) is 17.8 Å². The lowest BCUT2D eigenvalue weighted by molar-refractivity contribution is -0.00454. The molecule has 0 unspecified atom stereocenters. The van der Waals surface area contributed by atoms with Crippen LogP contribution in [0, 0.1) is 17.8 Å². The van der Waals surface area contributed by atoms with Crippen LogP contribution in [0.1, 0.15) is 71.3 Å². The van der Waals surface area contributed by atoms with Gasteiger partial charge in [0.2, 0.25) is 0 Å². The molecule has 4 aromatic rings. The van der Waals surface area contributed by atoms with E-state index in [0.717, 1.165) is 41.7 Å². The van der Waals surface area contributed by atoms with Crippen LogP contribution in [0.2, 0.25) is 0 Å². The van der Waals surface area contributed by atoms with Crippen molar-refractivity contribution in [3.63, 3.8) is 0 Å². The van der Waals surface area contributed by atoms with Gasteiger partial charge in [-0.05, 0) is 109 Å². The minimum absolute atomic E-state index is 0.176. The third-order valence-corrected chi connectivity index (χ3v) is 9.92. The highest BCUT2D eigenvalue weighted by molar-refractivity contribution is 7.80. The van der Waals surface area contributed by atoms with Gasteiger partial charge in [-0.3, -0.25) is 15.6 Å². The summed E-state index contributed by atoms with van der Waals surface area (Å²) < 4.78 is 0. The fourth-order valence-electron chi connectivity index (χ4n) is 8.22. The molecule has 0 saturated heterocycles. The number of hydrogen-bond donors (Lipinski definition) is 2. The zero-order valence-electron chi connectivity index (χ0n) is 22.7. The first-order valence-electron chi connectivity index (χ1n) is 14.7. The highest BCUT2D eigenvalue weighted by Crippen LogP contribution is 2.61. The number of hydrazine groups is 1. The molecule has 0 spiro atoms. The molecule has 4 aliphatic carbocycles. The van der Waals surface area contributed by atoms with Crippen LogP contribution in [0.4, 0.5) is 0 Å². The third-order valence-electron chi connectivity index (χ3n) is 9.58. The Morgan fingerprint density at radius 1 is 0.775 bits per heavy atom. The Balaban J connectivity index is 1.08. The third kappa shape index (κ3) is 4.92. The van der Waals surface area contributed by atoms with Crippen LogP contribution in [0.5, 0.6) is 0 Å². The van der Waals surface area contributed by atoms with Crippen LogP contribution in [0.3, 0.4) is 0 Å². The molecule has 0 aliphatic heterocycles. The number of para-hydroxylation sites is 1. The Labute approximate surface area is 241 Å². The first kappa shape index (κ1) is 25.4. The van der Waals surface area contributed by atoms with E-state index in [9.17, 15) is 4.79 Å². The van der Waals surface area contributed by atoms with E-state index in [2.05, 4.69) is 65.4 Å². The molecule has 3 aromatic carbocycles. The zero-order chi connectivity index (χ0) is 27.1. The molecule has 40 heavy (non-hydrogen) atoms. The molecule has 4 aliphatic rings. The van der Waals surface area contributed by atoms with E-state index in [1.165, 1.54) is 60.6 Å². The quantitative estimate of drug-likeness (QED) is 0.200. The molecule has 202 valence electrons. The van der Waals surface area contributed by atoms with E-state index in [1.807, 2.05) is 30.3 Å². The maximum absolute atomic E-state index is 13.4.